The quantitative estimate of drug-likeness (QED) is 0.286. The predicted octanol–water partition coefficient (Wildman–Crippen LogP) is 5.84. The first kappa shape index (κ1) is 36.5. The van der Waals surface area contributed by atoms with Crippen molar-refractivity contribution < 1.29 is 55.3 Å². The third-order valence-electron chi connectivity index (χ3n) is 6.29. The summed E-state index contributed by atoms with van der Waals surface area (Å²) in [4.78, 5) is 39.3. The highest BCUT2D eigenvalue weighted by Gasteiger charge is 2.38. The van der Waals surface area contributed by atoms with Gasteiger partial charge in [0.25, 0.3) is 5.91 Å². The van der Waals surface area contributed by atoms with Gasteiger partial charge in [-0.2, -0.15) is 26.3 Å². The van der Waals surface area contributed by atoms with Crippen molar-refractivity contribution in [2.45, 2.75) is 37.8 Å². The molecule has 0 unspecified atom stereocenters. The van der Waals surface area contributed by atoms with Gasteiger partial charge >= 0.3 is 24.3 Å². The Morgan fingerprint density at radius 2 is 1.44 bits per heavy atom. The maximum Gasteiger partial charge on any atom is 0.490 e. The van der Waals surface area contributed by atoms with Crippen molar-refractivity contribution in [2.24, 2.45) is 0 Å². The van der Waals surface area contributed by atoms with Gasteiger partial charge in [0.05, 0.1) is 0 Å². The number of rotatable bonds is 6. The summed E-state index contributed by atoms with van der Waals surface area (Å²) < 4.78 is 76.9. The van der Waals surface area contributed by atoms with Crippen molar-refractivity contribution >= 4 is 29.4 Å². The summed E-state index contributed by atoms with van der Waals surface area (Å²) in [5.74, 6) is -4.99. The maximum atomic E-state index is 13.4. The molecule has 0 aliphatic carbocycles. The number of carbonyl (C=O) groups excluding carboxylic acids is 1. The first-order chi connectivity index (χ1) is 21.0. The van der Waals surface area contributed by atoms with Crippen LogP contribution in [0, 0.1) is 5.82 Å². The molecule has 16 heteroatoms. The average Bonchev–Trinajstić information content (AvgIpc) is 2.97. The molecule has 0 saturated carbocycles. The van der Waals surface area contributed by atoms with E-state index in [1.807, 2.05) is 30.3 Å². The molecule has 45 heavy (non-hydrogen) atoms. The number of halogens is 7. The lowest BCUT2D eigenvalue weighted by Crippen LogP contribution is -2.43. The number of aliphatic carboxylic acids is 2. The van der Waals surface area contributed by atoms with Gasteiger partial charge in [-0.3, -0.25) is 9.69 Å². The van der Waals surface area contributed by atoms with Crippen LogP contribution < -0.4 is 10.2 Å². The van der Waals surface area contributed by atoms with Crippen LogP contribution in [0.4, 0.5) is 42.2 Å². The average molecular weight is 647 g/mol. The van der Waals surface area contributed by atoms with Gasteiger partial charge in [-0.1, -0.05) is 30.3 Å². The number of alkyl halides is 6. The molecular weight excluding hydrogens is 617 g/mol. The van der Waals surface area contributed by atoms with E-state index in [9.17, 15) is 35.5 Å². The minimum Gasteiger partial charge on any atom is -0.475 e. The number of piperidine rings is 1. The van der Waals surface area contributed by atoms with E-state index in [1.54, 1.807) is 36.5 Å². The number of anilines is 2. The third-order valence-corrected chi connectivity index (χ3v) is 6.29. The summed E-state index contributed by atoms with van der Waals surface area (Å²) >= 11 is 0. The second-order valence-electron chi connectivity index (χ2n) is 9.58. The van der Waals surface area contributed by atoms with E-state index < -0.39 is 24.3 Å². The number of carbonyl (C=O) groups is 3. The topological polar surface area (TPSA) is 123 Å². The minimum absolute atomic E-state index is 0.133. The lowest BCUT2D eigenvalue weighted by molar-refractivity contribution is -0.193. The van der Waals surface area contributed by atoms with Gasteiger partial charge in [0, 0.05) is 56.2 Å². The standard InChI is InChI=1S/C25H27FN4O.2C2HF3O2/c1-29(23-11-14-30(15-12-23)18-19-6-5-9-21(26)16-19)24-17-22(10-13-27-24)28-25(31)20-7-3-2-4-8-20;2*3-2(4,5)1(6)7/h2-10,13,16-17,23H,11-12,14-15,18H2,1H3,(H,27,28,31);2*(H,6,7). The first-order valence-electron chi connectivity index (χ1n) is 13.1. The van der Waals surface area contributed by atoms with Crippen LogP contribution in [0.1, 0.15) is 28.8 Å². The Balaban J connectivity index is 0.000000421. The van der Waals surface area contributed by atoms with Gasteiger partial charge in [0.15, 0.2) is 0 Å². The van der Waals surface area contributed by atoms with E-state index in [-0.39, 0.29) is 11.7 Å². The number of hydrogen-bond donors (Lipinski definition) is 3. The summed E-state index contributed by atoms with van der Waals surface area (Å²) in [5, 5.41) is 17.2. The molecule has 2 heterocycles. The molecule has 0 bridgehead atoms. The van der Waals surface area contributed by atoms with Gasteiger partial charge in [0.2, 0.25) is 0 Å². The smallest absolute Gasteiger partial charge is 0.475 e. The molecule has 4 rings (SSSR count). The summed E-state index contributed by atoms with van der Waals surface area (Å²) in [7, 11) is 2.05. The van der Waals surface area contributed by atoms with Crippen molar-refractivity contribution in [3.8, 4) is 0 Å². The Labute approximate surface area is 252 Å². The van der Waals surface area contributed by atoms with E-state index >= 15 is 0 Å². The van der Waals surface area contributed by atoms with E-state index in [0.717, 1.165) is 49.5 Å². The fraction of sp³-hybridized carbons (Fsp3) is 0.310. The molecule has 9 nitrogen and oxygen atoms in total. The van der Waals surface area contributed by atoms with Gasteiger partial charge < -0.3 is 20.4 Å². The number of aromatic nitrogens is 1. The summed E-state index contributed by atoms with van der Waals surface area (Å²) in [6.07, 6.45) is -6.42. The number of carboxylic acid groups (broad SMARTS) is 2. The zero-order valence-electron chi connectivity index (χ0n) is 23.6. The Morgan fingerprint density at radius 1 is 0.889 bits per heavy atom. The minimum atomic E-state index is -5.08. The summed E-state index contributed by atoms with van der Waals surface area (Å²) in [5.41, 5.74) is 2.37. The van der Waals surface area contributed by atoms with Gasteiger partial charge in [-0.05, 0) is 48.7 Å². The number of nitrogens with one attached hydrogen (secondary N) is 1. The summed E-state index contributed by atoms with van der Waals surface area (Å²) in [6, 6.07) is 20.1. The molecule has 1 saturated heterocycles. The Hall–Kier alpha value is -4.73. The lowest BCUT2D eigenvalue weighted by Gasteiger charge is -2.37. The number of hydrogen-bond acceptors (Lipinski definition) is 6. The molecule has 1 aliphatic rings. The lowest BCUT2D eigenvalue weighted by atomic mass is 10.0. The molecule has 1 aromatic heterocycles. The number of amides is 1. The number of pyridine rings is 1. The highest BCUT2D eigenvalue weighted by molar-refractivity contribution is 6.04. The van der Waals surface area contributed by atoms with Crippen molar-refractivity contribution in [1.29, 1.82) is 0 Å². The van der Waals surface area contributed by atoms with Gasteiger partial charge in [-0.25, -0.2) is 19.0 Å². The van der Waals surface area contributed by atoms with E-state index in [1.165, 1.54) is 6.07 Å². The molecule has 0 spiro atoms. The molecule has 0 atom stereocenters. The van der Waals surface area contributed by atoms with Crippen LogP contribution in [0.25, 0.3) is 0 Å². The Kier molecular flexibility index (Phi) is 13.3. The van der Waals surface area contributed by atoms with Crippen LogP contribution in [0.2, 0.25) is 0 Å². The SMILES string of the molecule is CN(c1cc(NC(=O)c2ccccc2)ccn1)C1CCN(Cc2cccc(F)c2)CC1.O=C(O)C(F)(F)F.O=C(O)C(F)(F)F. The van der Waals surface area contributed by atoms with Crippen LogP contribution in [0.3, 0.4) is 0 Å². The fourth-order valence-electron chi connectivity index (χ4n) is 4.03. The summed E-state index contributed by atoms with van der Waals surface area (Å²) in [6.45, 7) is 2.68. The number of likely N-dealkylation sites (tertiary alicyclic amines) is 1. The Bertz CT molecular complexity index is 1390. The van der Waals surface area contributed by atoms with E-state index in [0.29, 0.717) is 11.6 Å². The molecule has 2 aromatic carbocycles. The van der Waals surface area contributed by atoms with Gasteiger partial charge in [0.1, 0.15) is 11.6 Å². The fourth-order valence-corrected chi connectivity index (χ4v) is 4.03. The zero-order valence-corrected chi connectivity index (χ0v) is 23.6. The van der Waals surface area contributed by atoms with Crippen LogP contribution in [0.15, 0.2) is 72.9 Å². The van der Waals surface area contributed by atoms with Crippen molar-refractivity contribution in [3.05, 3.63) is 89.9 Å². The highest BCUT2D eigenvalue weighted by atomic mass is 19.4. The van der Waals surface area contributed by atoms with Crippen molar-refractivity contribution in [1.82, 2.24) is 9.88 Å². The largest absolute Gasteiger partial charge is 0.490 e. The molecule has 3 aromatic rings. The van der Waals surface area contributed by atoms with Crippen molar-refractivity contribution in [2.75, 3.05) is 30.4 Å². The zero-order chi connectivity index (χ0) is 33.8. The molecule has 244 valence electrons. The second-order valence-corrected chi connectivity index (χ2v) is 9.58. The Morgan fingerprint density at radius 3 is 1.96 bits per heavy atom. The van der Waals surface area contributed by atoms with Crippen LogP contribution in [0.5, 0.6) is 0 Å². The molecular formula is C29H29F7N4O5. The predicted molar refractivity (Wildman–Crippen MR) is 149 cm³/mol. The van der Waals surface area contributed by atoms with Crippen molar-refractivity contribution in [3.63, 3.8) is 0 Å². The maximum absolute atomic E-state index is 13.4. The number of carboxylic acids is 2. The molecule has 1 amide bonds. The van der Waals surface area contributed by atoms with Crippen LogP contribution >= 0.6 is 0 Å². The first-order valence-corrected chi connectivity index (χ1v) is 13.1. The van der Waals surface area contributed by atoms with Crippen LogP contribution in [-0.2, 0) is 16.1 Å². The second kappa shape index (κ2) is 16.4. The molecule has 1 fully saturated rings. The van der Waals surface area contributed by atoms with E-state index in [2.05, 4.69) is 27.1 Å². The molecule has 3 N–H and O–H groups in total. The highest BCUT2D eigenvalue weighted by Crippen LogP contribution is 2.24. The molecule has 1 aliphatic heterocycles. The van der Waals surface area contributed by atoms with Crippen LogP contribution in [-0.4, -0.2) is 76.5 Å². The number of benzene rings is 2. The number of nitrogens with zero attached hydrogens (tertiary/aromatic N) is 3. The third kappa shape index (κ3) is 12.8. The normalized spacial score (nSPS) is 13.8. The van der Waals surface area contributed by atoms with E-state index in [4.69, 9.17) is 19.8 Å². The van der Waals surface area contributed by atoms with Gasteiger partial charge in [-0.15, -0.1) is 0 Å². The molecule has 0 radical (unpaired) electrons. The monoisotopic (exact) mass is 646 g/mol.